The third kappa shape index (κ3) is 7.08. The molecule has 0 amide bonds. The Morgan fingerprint density at radius 3 is 2.27 bits per heavy atom. The maximum absolute atomic E-state index is 14.3. The normalized spacial score (nSPS) is 11.6. The molecule has 256 valence electrons. The number of fused-ring (bicyclic) bond motifs is 1. The summed E-state index contributed by atoms with van der Waals surface area (Å²) >= 11 is 1.45. The smallest absolute Gasteiger partial charge is 0.439 e. The zero-order valence-corrected chi connectivity index (χ0v) is 28.7. The Labute approximate surface area is 295 Å². The van der Waals surface area contributed by atoms with Crippen molar-refractivity contribution in [3.8, 4) is 28.3 Å². The molecule has 1 N–H and O–H groups in total. The van der Waals surface area contributed by atoms with Crippen LogP contribution >= 0.6 is 11.3 Å². The number of rotatable bonds is 12. The minimum Gasteiger partial charge on any atom is -0.497 e. The third-order valence-electron chi connectivity index (χ3n) is 8.50. The monoisotopic (exact) mass is 699 g/mol. The highest BCUT2D eigenvalue weighted by Crippen LogP contribution is 2.30. The molecule has 4 aromatic carbocycles. The van der Waals surface area contributed by atoms with Gasteiger partial charge in [-0.2, -0.15) is 0 Å². The molecule has 3 aromatic heterocycles. The molecule has 0 saturated heterocycles. The van der Waals surface area contributed by atoms with E-state index in [1.807, 2.05) is 104 Å². The van der Waals surface area contributed by atoms with Crippen LogP contribution in [0.3, 0.4) is 0 Å². The Kier molecular flexibility index (Phi) is 9.57. The third-order valence-corrected chi connectivity index (χ3v) is 9.80. The number of benzene rings is 4. The number of thiophene rings is 1. The molecular weight excluding hydrogens is 667 g/mol. The summed E-state index contributed by atoms with van der Waals surface area (Å²) in [5.41, 5.74) is 4.52. The molecule has 51 heavy (non-hydrogen) atoms. The van der Waals surface area contributed by atoms with Crippen LogP contribution in [-0.2, 0) is 31.0 Å². The zero-order chi connectivity index (χ0) is 35.3. The molecule has 0 saturated carbocycles. The van der Waals surface area contributed by atoms with Crippen LogP contribution in [0, 0.1) is 0 Å². The molecule has 11 nitrogen and oxygen atoms in total. The van der Waals surface area contributed by atoms with Gasteiger partial charge in [-0.15, -0.1) is 11.3 Å². The van der Waals surface area contributed by atoms with Crippen LogP contribution in [0.2, 0.25) is 0 Å². The molecule has 0 aliphatic heterocycles. The second-order valence-corrected chi connectivity index (χ2v) is 12.9. The molecule has 0 spiro atoms. The molecule has 0 bridgehead atoms. The van der Waals surface area contributed by atoms with Gasteiger partial charge in [-0.3, -0.25) is 23.4 Å². The molecule has 0 atom stereocenters. The molecule has 0 radical (unpaired) electrons. The lowest BCUT2D eigenvalue weighted by Crippen LogP contribution is -2.41. The Hall–Kier alpha value is -6.27. The van der Waals surface area contributed by atoms with Crippen molar-refractivity contribution in [3.63, 3.8) is 0 Å². The quantitative estimate of drug-likeness (QED) is 0.114. The molecular formula is C39H33N5O6S. The van der Waals surface area contributed by atoms with Crippen molar-refractivity contribution in [1.29, 1.82) is 0 Å². The predicted octanol–water partition coefficient (Wildman–Crippen LogP) is 6.48. The van der Waals surface area contributed by atoms with Gasteiger partial charge in [0.05, 0.1) is 25.6 Å². The Balaban J connectivity index is 1.25. The number of aryl methyl sites for hydroxylation is 1. The van der Waals surface area contributed by atoms with E-state index in [1.54, 1.807) is 23.8 Å². The Bertz CT molecular complexity index is 2510. The van der Waals surface area contributed by atoms with Gasteiger partial charge in [0.15, 0.2) is 5.82 Å². The average Bonchev–Trinajstić information content (AvgIpc) is 3.82. The van der Waals surface area contributed by atoms with Crippen molar-refractivity contribution < 1.29 is 14.1 Å². The standard InChI is InChI=1S/C39H33N5O6S/c1-3-30-21-33-36(45)43(23-34(28-17-19-29(48-2)20-18-28)41-49-24-26-9-5-4-6-10-26)39(47)44(37(33)51-30)22-25-13-15-27(16-14-25)31-11-7-8-12-32(31)35-40-38(46)50-42-35/h4-21H,3,22-24H2,1-2H3,(H,40,42,46)/b41-34-. The first kappa shape index (κ1) is 33.2. The zero-order valence-electron chi connectivity index (χ0n) is 27.9. The van der Waals surface area contributed by atoms with Gasteiger partial charge >= 0.3 is 11.4 Å². The minimum atomic E-state index is -0.629. The van der Waals surface area contributed by atoms with E-state index in [2.05, 4.69) is 15.3 Å². The van der Waals surface area contributed by atoms with Crippen LogP contribution in [0.1, 0.15) is 28.5 Å². The lowest BCUT2D eigenvalue weighted by molar-refractivity contribution is 0.130. The molecule has 0 unspecified atom stereocenters. The maximum atomic E-state index is 14.3. The van der Waals surface area contributed by atoms with Gasteiger partial charge in [0.25, 0.3) is 5.56 Å². The summed E-state index contributed by atoms with van der Waals surface area (Å²) in [6.07, 6.45) is 0.726. The first-order valence-corrected chi connectivity index (χ1v) is 17.1. The van der Waals surface area contributed by atoms with Crippen LogP contribution in [0.4, 0.5) is 0 Å². The van der Waals surface area contributed by atoms with Gasteiger partial charge in [0.1, 0.15) is 22.9 Å². The van der Waals surface area contributed by atoms with E-state index in [4.69, 9.17) is 14.1 Å². The summed E-state index contributed by atoms with van der Waals surface area (Å²) < 4.78 is 13.0. The number of hydrogen-bond acceptors (Lipinski definition) is 9. The van der Waals surface area contributed by atoms with Crippen molar-refractivity contribution in [2.24, 2.45) is 5.16 Å². The van der Waals surface area contributed by atoms with Crippen molar-refractivity contribution in [1.82, 2.24) is 19.3 Å². The van der Waals surface area contributed by atoms with Crippen molar-refractivity contribution in [2.45, 2.75) is 33.0 Å². The Morgan fingerprint density at radius 1 is 0.863 bits per heavy atom. The summed E-state index contributed by atoms with van der Waals surface area (Å²) in [4.78, 5) is 50.0. The van der Waals surface area contributed by atoms with E-state index >= 15 is 0 Å². The first-order valence-electron chi connectivity index (χ1n) is 16.3. The molecule has 3 heterocycles. The number of aromatic amines is 1. The summed E-state index contributed by atoms with van der Waals surface area (Å²) in [5.74, 6) is 0.371. The van der Waals surface area contributed by atoms with E-state index < -0.39 is 11.4 Å². The number of H-pyrrole nitrogens is 1. The number of oxime groups is 1. The van der Waals surface area contributed by atoms with E-state index in [-0.39, 0.29) is 25.3 Å². The van der Waals surface area contributed by atoms with Crippen LogP contribution in [0.25, 0.3) is 32.7 Å². The molecule has 12 heteroatoms. The number of methoxy groups -OCH3 is 1. The Morgan fingerprint density at radius 2 is 1.59 bits per heavy atom. The molecule has 7 rings (SSSR count). The summed E-state index contributed by atoms with van der Waals surface area (Å²) in [6.45, 7) is 2.37. The summed E-state index contributed by atoms with van der Waals surface area (Å²) in [7, 11) is 1.59. The summed E-state index contributed by atoms with van der Waals surface area (Å²) in [6, 6.07) is 34.1. The lowest BCUT2D eigenvalue weighted by Gasteiger charge is -2.14. The van der Waals surface area contributed by atoms with Crippen LogP contribution in [0.5, 0.6) is 5.75 Å². The van der Waals surface area contributed by atoms with Gasteiger partial charge in [-0.1, -0.05) is 96.1 Å². The van der Waals surface area contributed by atoms with E-state index in [1.165, 1.54) is 15.9 Å². The maximum Gasteiger partial charge on any atom is 0.439 e. The van der Waals surface area contributed by atoms with Crippen molar-refractivity contribution >= 4 is 27.3 Å². The van der Waals surface area contributed by atoms with E-state index in [0.717, 1.165) is 33.6 Å². The van der Waals surface area contributed by atoms with Crippen molar-refractivity contribution in [2.75, 3.05) is 7.11 Å². The highest BCUT2D eigenvalue weighted by molar-refractivity contribution is 7.18. The number of nitrogens with zero attached hydrogens (tertiary/aromatic N) is 4. The highest BCUT2D eigenvalue weighted by atomic mass is 32.1. The van der Waals surface area contributed by atoms with E-state index in [9.17, 15) is 14.4 Å². The topological polar surface area (TPSA) is 134 Å². The average molecular weight is 700 g/mol. The lowest BCUT2D eigenvalue weighted by atomic mass is 9.98. The first-order chi connectivity index (χ1) is 24.9. The highest BCUT2D eigenvalue weighted by Gasteiger charge is 2.19. The van der Waals surface area contributed by atoms with Gasteiger partial charge in [-0.05, 0) is 59.0 Å². The van der Waals surface area contributed by atoms with Gasteiger partial charge < -0.3 is 9.57 Å². The van der Waals surface area contributed by atoms with Crippen LogP contribution in [-0.4, -0.2) is 32.1 Å². The van der Waals surface area contributed by atoms with Gasteiger partial charge in [0, 0.05) is 16.0 Å². The van der Waals surface area contributed by atoms with E-state index in [0.29, 0.717) is 38.6 Å². The van der Waals surface area contributed by atoms with Gasteiger partial charge in [-0.25, -0.2) is 9.59 Å². The second-order valence-electron chi connectivity index (χ2n) is 11.8. The number of ether oxygens (including phenoxy) is 1. The molecule has 0 fully saturated rings. The molecule has 7 aromatic rings. The number of hydrogen-bond donors (Lipinski definition) is 1. The molecule has 0 aliphatic carbocycles. The minimum absolute atomic E-state index is 0.105. The predicted molar refractivity (Wildman–Crippen MR) is 198 cm³/mol. The van der Waals surface area contributed by atoms with Crippen LogP contribution < -0.4 is 21.7 Å². The SMILES string of the molecule is CCc1cc2c(=O)n(C/C(=N/OCc3ccccc3)c3ccc(OC)cc3)c(=O)n(Cc3ccc(-c4ccccc4-c4noc(=O)[nH]4)cc3)c2s1. The van der Waals surface area contributed by atoms with Crippen LogP contribution in [0.15, 0.2) is 133 Å². The largest absolute Gasteiger partial charge is 0.497 e. The fraction of sp³-hybridized carbons (Fsp3) is 0.154. The van der Waals surface area contributed by atoms with Gasteiger partial charge in [0.2, 0.25) is 0 Å². The van der Waals surface area contributed by atoms with Crippen molar-refractivity contribution in [3.05, 3.63) is 162 Å². The molecule has 0 aliphatic rings. The number of nitrogens with one attached hydrogen (secondary N) is 1. The second kappa shape index (κ2) is 14.7. The fourth-order valence-corrected chi connectivity index (χ4v) is 6.91. The summed E-state index contributed by atoms with van der Waals surface area (Å²) in [5, 5.41) is 8.78. The fourth-order valence-electron chi connectivity index (χ4n) is 5.83. The number of aromatic nitrogens is 4.